The first kappa shape index (κ1) is 13.4. The zero-order valence-corrected chi connectivity index (χ0v) is 12.0. The molecule has 1 aliphatic heterocycles. The molecule has 1 heterocycles. The number of aryl methyl sites for hydroxylation is 1. The van der Waals surface area contributed by atoms with Gasteiger partial charge < -0.3 is 0 Å². The van der Waals surface area contributed by atoms with E-state index in [0.717, 1.165) is 12.0 Å². The molecule has 1 atom stereocenters. The standard InChI is InChI=1S/C12H15N2O2S2/c1-3-10-8-13-12(17-10)14-18(15,16)11-6-4-9(2)5-7-11/h4-7,10H,3,8H2,1-2H3. The summed E-state index contributed by atoms with van der Waals surface area (Å²) >= 11 is 1.44. The van der Waals surface area contributed by atoms with Crippen molar-refractivity contribution in [3.8, 4) is 0 Å². The van der Waals surface area contributed by atoms with Crippen LogP contribution >= 0.6 is 11.8 Å². The number of benzene rings is 1. The molecule has 2 rings (SSSR count). The Morgan fingerprint density at radius 1 is 1.39 bits per heavy atom. The minimum atomic E-state index is -3.62. The molecule has 18 heavy (non-hydrogen) atoms. The van der Waals surface area contributed by atoms with Crippen molar-refractivity contribution < 1.29 is 8.42 Å². The van der Waals surface area contributed by atoms with Gasteiger partial charge in [0.2, 0.25) is 0 Å². The van der Waals surface area contributed by atoms with Crippen molar-refractivity contribution in [2.24, 2.45) is 4.40 Å². The number of amidine groups is 1. The van der Waals surface area contributed by atoms with E-state index in [1.807, 2.05) is 6.92 Å². The predicted octanol–water partition coefficient (Wildman–Crippen LogP) is 2.17. The van der Waals surface area contributed by atoms with E-state index in [4.69, 9.17) is 0 Å². The maximum atomic E-state index is 12.0. The van der Waals surface area contributed by atoms with Gasteiger partial charge in [0.1, 0.15) is 0 Å². The molecule has 1 fully saturated rings. The second-order valence-electron chi connectivity index (χ2n) is 4.15. The molecule has 1 unspecified atom stereocenters. The molecule has 1 saturated heterocycles. The molecule has 0 saturated carbocycles. The number of hydrogen-bond acceptors (Lipinski definition) is 3. The smallest absolute Gasteiger partial charge is 0.259 e. The van der Waals surface area contributed by atoms with Gasteiger partial charge in [0.05, 0.1) is 11.4 Å². The van der Waals surface area contributed by atoms with E-state index in [9.17, 15) is 8.42 Å². The highest BCUT2D eigenvalue weighted by atomic mass is 32.2. The van der Waals surface area contributed by atoms with Gasteiger partial charge in [0.15, 0.2) is 5.17 Å². The highest BCUT2D eigenvalue weighted by molar-refractivity contribution is 8.15. The number of rotatable bonds is 3. The first-order chi connectivity index (χ1) is 8.51. The van der Waals surface area contributed by atoms with Crippen molar-refractivity contribution in [2.75, 3.05) is 6.54 Å². The second-order valence-corrected chi connectivity index (χ2v) is 7.02. The van der Waals surface area contributed by atoms with Crippen molar-refractivity contribution in [1.82, 2.24) is 5.32 Å². The highest BCUT2D eigenvalue weighted by Gasteiger charge is 2.24. The predicted molar refractivity (Wildman–Crippen MR) is 74.5 cm³/mol. The maximum Gasteiger partial charge on any atom is 0.284 e. The molecular weight excluding hydrogens is 268 g/mol. The molecule has 4 nitrogen and oxygen atoms in total. The number of thioether (sulfide) groups is 1. The molecule has 0 aromatic heterocycles. The molecule has 0 spiro atoms. The average molecular weight is 283 g/mol. The van der Waals surface area contributed by atoms with E-state index in [-0.39, 0.29) is 4.90 Å². The summed E-state index contributed by atoms with van der Waals surface area (Å²) in [5.74, 6) is 0. The van der Waals surface area contributed by atoms with Crippen LogP contribution in [0.15, 0.2) is 33.6 Å². The number of sulfonamides is 1. The van der Waals surface area contributed by atoms with E-state index in [2.05, 4.69) is 16.6 Å². The van der Waals surface area contributed by atoms with Crippen LogP contribution in [0.2, 0.25) is 0 Å². The van der Waals surface area contributed by atoms with Gasteiger partial charge in [0, 0.05) is 5.25 Å². The molecule has 0 amide bonds. The summed E-state index contributed by atoms with van der Waals surface area (Å²) in [6.45, 7) is 4.63. The Kier molecular flexibility index (Phi) is 3.97. The Bertz CT molecular complexity index is 550. The molecule has 1 aromatic carbocycles. The van der Waals surface area contributed by atoms with E-state index in [1.54, 1.807) is 24.3 Å². The largest absolute Gasteiger partial charge is 0.284 e. The molecule has 1 radical (unpaired) electrons. The molecular formula is C12H15N2O2S2. The van der Waals surface area contributed by atoms with Crippen molar-refractivity contribution >= 4 is 27.0 Å². The lowest BCUT2D eigenvalue weighted by Gasteiger charge is -2.00. The van der Waals surface area contributed by atoms with Crippen molar-refractivity contribution in [3.05, 3.63) is 29.8 Å². The van der Waals surface area contributed by atoms with Crippen LogP contribution in [0.4, 0.5) is 0 Å². The van der Waals surface area contributed by atoms with E-state index in [1.165, 1.54) is 11.8 Å². The van der Waals surface area contributed by atoms with Crippen LogP contribution in [0.1, 0.15) is 18.9 Å². The van der Waals surface area contributed by atoms with Crippen LogP contribution in [-0.4, -0.2) is 25.4 Å². The minimum absolute atomic E-state index is 0.219. The summed E-state index contributed by atoms with van der Waals surface area (Å²) in [5.41, 5.74) is 1.02. The van der Waals surface area contributed by atoms with Gasteiger partial charge in [-0.1, -0.05) is 36.4 Å². The number of hydrogen-bond donors (Lipinski definition) is 0. The second kappa shape index (κ2) is 5.32. The third-order valence-corrected chi connectivity index (χ3v) is 5.32. The fourth-order valence-corrected chi connectivity index (χ4v) is 3.61. The summed E-state index contributed by atoms with van der Waals surface area (Å²) in [6.07, 6.45) is 0.970. The molecule has 0 bridgehead atoms. The molecule has 97 valence electrons. The Labute approximate surface area is 112 Å². The minimum Gasteiger partial charge on any atom is -0.259 e. The quantitative estimate of drug-likeness (QED) is 0.854. The summed E-state index contributed by atoms with van der Waals surface area (Å²) in [5, 5.41) is 4.89. The van der Waals surface area contributed by atoms with Crippen LogP contribution in [-0.2, 0) is 10.0 Å². The van der Waals surface area contributed by atoms with Gasteiger partial charge in [-0.25, -0.2) is 0 Å². The molecule has 6 heteroatoms. The van der Waals surface area contributed by atoms with Gasteiger partial charge in [-0.05, 0) is 25.5 Å². The molecule has 0 aliphatic carbocycles. The van der Waals surface area contributed by atoms with Crippen LogP contribution in [0.3, 0.4) is 0 Å². The molecule has 1 aromatic rings. The van der Waals surface area contributed by atoms with Crippen LogP contribution < -0.4 is 5.32 Å². The lowest BCUT2D eigenvalue weighted by molar-refractivity contribution is 0.598. The van der Waals surface area contributed by atoms with Gasteiger partial charge in [-0.3, -0.25) is 5.32 Å². The fourth-order valence-electron chi connectivity index (χ4n) is 1.53. The molecule has 1 aliphatic rings. The third-order valence-electron chi connectivity index (χ3n) is 2.67. The Morgan fingerprint density at radius 2 is 2.06 bits per heavy atom. The van der Waals surface area contributed by atoms with Gasteiger partial charge in [0.25, 0.3) is 10.0 Å². The summed E-state index contributed by atoms with van der Waals surface area (Å²) < 4.78 is 27.9. The van der Waals surface area contributed by atoms with Crippen LogP contribution in [0.25, 0.3) is 0 Å². The van der Waals surface area contributed by atoms with E-state index in [0.29, 0.717) is 17.0 Å². The monoisotopic (exact) mass is 283 g/mol. The Hall–Kier alpha value is -1.01. The zero-order chi connectivity index (χ0) is 13.2. The lowest BCUT2D eigenvalue weighted by atomic mass is 10.2. The van der Waals surface area contributed by atoms with E-state index >= 15 is 0 Å². The van der Waals surface area contributed by atoms with Crippen molar-refractivity contribution in [2.45, 2.75) is 30.4 Å². The van der Waals surface area contributed by atoms with Crippen molar-refractivity contribution in [3.63, 3.8) is 0 Å². The zero-order valence-electron chi connectivity index (χ0n) is 10.3. The topological polar surface area (TPSA) is 60.6 Å². The fraction of sp³-hybridized carbons (Fsp3) is 0.417. The van der Waals surface area contributed by atoms with Crippen molar-refractivity contribution in [1.29, 1.82) is 0 Å². The molecule has 0 N–H and O–H groups in total. The normalized spacial score (nSPS) is 22.1. The highest BCUT2D eigenvalue weighted by Crippen LogP contribution is 2.24. The summed E-state index contributed by atoms with van der Waals surface area (Å²) in [6, 6.07) is 6.68. The number of nitrogens with zero attached hydrogens (tertiary/aromatic N) is 2. The first-order valence-electron chi connectivity index (χ1n) is 5.77. The Morgan fingerprint density at radius 3 is 2.61 bits per heavy atom. The van der Waals surface area contributed by atoms with Crippen LogP contribution in [0, 0.1) is 6.92 Å². The lowest BCUT2D eigenvalue weighted by Crippen LogP contribution is -2.09. The Balaban J connectivity index is 2.22. The van der Waals surface area contributed by atoms with Gasteiger partial charge in [-0.2, -0.15) is 8.42 Å². The maximum absolute atomic E-state index is 12.0. The van der Waals surface area contributed by atoms with Gasteiger partial charge >= 0.3 is 0 Å². The van der Waals surface area contributed by atoms with E-state index < -0.39 is 10.0 Å². The average Bonchev–Trinajstić information content (AvgIpc) is 2.76. The van der Waals surface area contributed by atoms with Gasteiger partial charge in [-0.15, -0.1) is 4.40 Å². The third kappa shape index (κ3) is 3.05. The first-order valence-corrected chi connectivity index (χ1v) is 8.09. The summed E-state index contributed by atoms with van der Waals surface area (Å²) in [7, 11) is -3.62. The van der Waals surface area contributed by atoms with Crippen LogP contribution in [0.5, 0.6) is 0 Å². The SMILES string of the molecule is CCC1C[N]C(=NS(=O)(=O)c2ccc(C)cc2)S1. The summed E-state index contributed by atoms with van der Waals surface area (Å²) in [4.78, 5) is 0.219.